The Kier molecular flexibility index (Phi) is 12.3. The molecule has 1 saturated heterocycles. The summed E-state index contributed by atoms with van der Waals surface area (Å²) in [7, 11) is 0. The van der Waals surface area contributed by atoms with E-state index in [-0.39, 0.29) is 20.9 Å². The molecule has 0 aliphatic carbocycles. The van der Waals surface area contributed by atoms with E-state index in [0.717, 1.165) is 0 Å². The fourth-order valence-corrected chi connectivity index (χ4v) is 4.11. The molecule has 0 saturated carbocycles. The van der Waals surface area contributed by atoms with Gasteiger partial charge in [0.1, 0.15) is 0 Å². The first-order chi connectivity index (χ1) is 13.2. The van der Waals surface area contributed by atoms with Crippen LogP contribution in [0.3, 0.4) is 0 Å². The van der Waals surface area contributed by atoms with E-state index < -0.39 is 0 Å². The van der Waals surface area contributed by atoms with Gasteiger partial charge in [0.05, 0.1) is 0 Å². The van der Waals surface area contributed by atoms with Gasteiger partial charge in [0.25, 0.3) is 0 Å². The molecule has 8 nitrogen and oxygen atoms in total. The summed E-state index contributed by atoms with van der Waals surface area (Å²) in [5, 5.41) is 0. The Balaban J connectivity index is 2.90. The Bertz CT molecular complexity index is 446. The van der Waals surface area contributed by atoms with E-state index in [1.54, 1.807) is 20.8 Å². The summed E-state index contributed by atoms with van der Waals surface area (Å²) in [6.45, 7) is 11.9. The van der Waals surface area contributed by atoms with Crippen molar-refractivity contribution in [2.24, 2.45) is 0 Å². The number of Topliss-reactive ketones (excluding diaryl/α,β-unsaturated/α-hetero) is 3. The second kappa shape index (κ2) is 13.6. The molecule has 0 aromatic heterocycles. The summed E-state index contributed by atoms with van der Waals surface area (Å²) in [6.07, 6.45) is 0. The Morgan fingerprint density at radius 1 is 0.536 bits per heavy atom. The number of carbonyl (C=O) groups is 4. The van der Waals surface area contributed by atoms with Crippen LogP contribution in [0.15, 0.2) is 0 Å². The minimum absolute atomic E-state index is 0.111. The van der Waals surface area contributed by atoms with Crippen molar-refractivity contribution in [3.8, 4) is 0 Å². The normalized spacial score (nSPS) is 19.5. The van der Waals surface area contributed by atoms with Crippen molar-refractivity contribution in [3.05, 3.63) is 0 Å². The van der Waals surface area contributed by atoms with Gasteiger partial charge < -0.3 is 0 Å². The number of nitrogens with zero attached hydrogens (tertiary/aromatic N) is 4. The van der Waals surface area contributed by atoms with Gasteiger partial charge in [0.2, 0.25) is 0 Å². The molecule has 1 fully saturated rings. The summed E-state index contributed by atoms with van der Waals surface area (Å²) < 4.78 is 0.237. The third-order valence-electron chi connectivity index (χ3n) is 4.65. The molecule has 0 aromatic rings. The average Bonchev–Trinajstić information content (AvgIpc) is 2.55. The standard InChI is InChI=1S/C19H33N4O4.In/c1-17(25)14-21-6-4-20(12-13-24)5-7-22(15-18(2)26)9-11-23(10-8-21)16-19(3)27;/h4-12,14-16H2,1-3H3;. The molecule has 1 rings (SSSR count). The van der Waals surface area contributed by atoms with Crippen LogP contribution >= 0.6 is 0 Å². The quantitative estimate of drug-likeness (QED) is 0.409. The monoisotopic (exact) mass is 496 g/mol. The summed E-state index contributed by atoms with van der Waals surface area (Å²) >= 11 is 0.592. The van der Waals surface area contributed by atoms with Crippen molar-refractivity contribution in [1.82, 2.24) is 19.6 Å². The summed E-state index contributed by atoms with van der Waals surface area (Å²) in [4.78, 5) is 55.1. The molecule has 1 aliphatic heterocycles. The fraction of sp³-hybridized carbons (Fsp3) is 0.789. The molecule has 0 unspecified atom stereocenters. The first-order valence-electron chi connectivity index (χ1n) is 9.81. The maximum absolute atomic E-state index is 11.7. The Hall–Kier alpha value is -0.610. The second-order valence-corrected chi connectivity index (χ2v) is 9.51. The van der Waals surface area contributed by atoms with Crippen molar-refractivity contribution in [1.29, 1.82) is 0 Å². The molecule has 0 bridgehead atoms. The van der Waals surface area contributed by atoms with Gasteiger partial charge >= 0.3 is 183 Å². The van der Waals surface area contributed by atoms with Gasteiger partial charge in [-0.05, 0) is 0 Å². The third-order valence-corrected chi connectivity index (χ3v) is 5.17. The van der Waals surface area contributed by atoms with Crippen molar-refractivity contribution < 1.29 is 19.2 Å². The van der Waals surface area contributed by atoms with Crippen LogP contribution in [0, 0.1) is 0 Å². The van der Waals surface area contributed by atoms with Crippen LogP contribution < -0.4 is 0 Å². The predicted molar refractivity (Wildman–Crippen MR) is 109 cm³/mol. The molecule has 0 amide bonds. The zero-order chi connectivity index (χ0) is 21.1. The molecule has 1 heterocycles. The van der Waals surface area contributed by atoms with Gasteiger partial charge in [-0.25, -0.2) is 0 Å². The van der Waals surface area contributed by atoms with Crippen LogP contribution in [0.2, 0.25) is 0 Å². The average molecular weight is 496 g/mol. The fourth-order valence-electron chi connectivity index (χ4n) is 3.38. The molecule has 0 aromatic carbocycles. The SMILES string of the molecule is CC(=O)CN1CCN(CC(C)=O)CCN(C[C](=O)[In])CCN(CC(C)=O)CC1. The second-order valence-electron chi connectivity index (χ2n) is 7.68. The number of carbonyl (C=O) groups excluding carboxylic acids is 4. The van der Waals surface area contributed by atoms with Crippen LogP contribution in [-0.2, 0) is 19.2 Å². The summed E-state index contributed by atoms with van der Waals surface area (Å²) in [5.41, 5.74) is 0. The first-order valence-corrected chi connectivity index (χ1v) is 11.5. The molecule has 0 atom stereocenters. The van der Waals surface area contributed by atoms with E-state index in [1.807, 2.05) is 0 Å². The number of hydrogen-bond acceptors (Lipinski definition) is 8. The van der Waals surface area contributed by atoms with Gasteiger partial charge in [-0.15, -0.1) is 0 Å². The molecule has 1 aliphatic rings. The number of rotatable bonds is 8. The Morgan fingerprint density at radius 3 is 0.929 bits per heavy atom. The van der Waals surface area contributed by atoms with Crippen molar-refractivity contribution in [2.75, 3.05) is 78.5 Å². The molecule has 156 valence electrons. The van der Waals surface area contributed by atoms with Crippen LogP contribution in [0.1, 0.15) is 20.8 Å². The molecule has 0 spiro atoms. The molecule has 9 heteroatoms. The number of hydrogen-bond donors (Lipinski definition) is 0. The van der Waals surface area contributed by atoms with Crippen molar-refractivity contribution in [3.63, 3.8) is 0 Å². The van der Waals surface area contributed by atoms with Gasteiger partial charge in [-0.3, -0.25) is 0 Å². The van der Waals surface area contributed by atoms with Crippen LogP contribution in [0.4, 0.5) is 0 Å². The zero-order valence-electron chi connectivity index (χ0n) is 17.5. The summed E-state index contributed by atoms with van der Waals surface area (Å²) in [6, 6.07) is 0. The molecule has 2 radical (unpaired) electrons. The van der Waals surface area contributed by atoms with E-state index in [9.17, 15) is 19.2 Å². The van der Waals surface area contributed by atoms with Gasteiger partial charge in [-0.1, -0.05) is 0 Å². The van der Waals surface area contributed by atoms with E-state index in [1.165, 1.54) is 0 Å². The number of ketones is 3. The van der Waals surface area contributed by atoms with E-state index in [0.29, 0.717) is 103 Å². The van der Waals surface area contributed by atoms with E-state index in [2.05, 4.69) is 19.6 Å². The van der Waals surface area contributed by atoms with Crippen LogP contribution in [-0.4, -0.2) is 143 Å². The zero-order valence-corrected chi connectivity index (χ0v) is 20.8. The van der Waals surface area contributed by atoms with E-state index >= 15 is 0 Å². The molecule has 0 N–H and O–H groups in total. The first kappa shape index (κ1) is 25.4. The van der Waals surface area contributed by atoms with E-state index in [4.69, 9.17) is 0 Å². The van der Waals surface area contributed by atoms with Gasteiger partial charge in [0, 0.05) is 0 Å². The van der Waals surface area contributed by atoms with Crippen LogP contribution in [0.25, 0.3) is 0 Å². The molecular weight excluding hydrogens is 463 g/mol. The maximum atomic E-state index is 11.7. The minimum atomic E-state index is 0.111. The predicted octanol–water partition coefficient (Wildman–Crippen LogP) is -1.33. The Morgan fingerprint density at radius 2 is 0.750 bits per heavy atom. The topological polar surface area (TPSA) is 81.2 Å². The molecular formula is C19H33InN4O4. The van der Waals surface area contributed by atoms with Crippen LogP contribution in [0.5, 0.6) is 0 Å². The third kappa shape index (κ3) is 12.1. The van der Waals surface area contributed by atoms with Crippen molar-refractivity contribution in [2.45, 2.75) is 20.8 Å². The van der Waals surface area contributed by atoms with Gasteiger partial charge in [0.15, 0.2) is 0 Å². The van der Waals surface area contributed by atoms with Gasteiger partial charge in [-0.2, -0.15) is 0 Å². The van der Waals surface area contributed by atoms with Crippen molar-refractivity contribution >= 4 is 45.3 Å². The Labute approximate surface area is 183 Å². The molecule has 28 heavy (non-hydrogen) atoms. The summed E-state index contributed by atoms with van der Waals surface area (Å²) in [5.74, 6) is 0.339.